The molecule has 1 aromatic rings. The topological polar surface area (TPSA) is 87.2 Å². The Morgan fingerprint density at radius 3 is 2.22 bits per heavy atom. The number of rotatable bonds is 6. The van der Waals surface area contributed by atoms with Crippen LogP contribution in [-0.4, -0.2) is 50.8 Å². The summed E-state index contributed by atoms with van der Waals surface area (Å²) >= 11 is 0. The standard InChI is InChI=1S/C12H20F3N5O2S/c1-11(2,19-23(5,21)22)7-16-10-17-8(12(13,14)15)6-9(18-10)20(3)4/h6,19H,7H2,1-5H3,(H,16,17,18). The van der Waals surface area contributed by atoms with Crippen molar-refractivity contribution in [2.24, 2.45) is 0 Å². The summed E-state index contributed by atoms with van der Waals surface area (Å²) in [7, 11) is -0.344. The first-order chi connectivity index (χ1) is 10.2. The van der Waals surface area contributed by atoms with Crippen molar-refractivity contribution < 1.29 is 21.6 Å². The van der Waals surface area contributed by atoms with Crippen molar-refractivity contribution in [2.45, 2.75) is 25.6 Å². The van der Waals surface area contributed by atoms with Gasteiger partial charge in [0.1, 0.15) is 5.82 Å². The van der Waals surface area contributed by atoms with Crippen LogP contribution in [0.25, 0.3) is 0 Å². The fourth-order valence-corrected chi connectivity index (χ4v) is 2.80. The highest BCUT2D eigenvalue weighted by molar-refractivity contribution is 7.88. The van der Waals surface area contributed by atoms with Gasteiger partial charge in [0.2, 0.25) is 16.0 Å². The summed E-state index contributed by atoms with van der Waals surface area (Å²) in [4.78, 5) is 8.83. The molecule has 11 heteroatoms. The molecular formula is C12H20F3N5O2S. The van der Waals surface area contributed by atoms with Crippen molar-refractivity contribution in [3.63, 3.8) is 0 Å². The molecule has 0 saturated carbocycles. The number of alkyl halides is 3. The molecule has 0 spiro atoms. The molecular weight excluding hydrogens is 335 g/mol. The molecule has 0 aliphatic rings. The van der Waals surface area contributed by atoms with E-state index in [4.69, 9.17) is 0 Å². The predicted octanol–water partition coefficient (Wildman–Crippen LogP) is 1.30. The van der Waals surface area contributed by atoms with Crippen LogP contribution in [0.15, 0.2) is 6.07 Å². The number of nitrogens with zero attached hydrogens (tertiary/aromatic N) is 3. The summed E-state index contributed by atoms with van der Waals surface area (Å²) in [5.74, 6) is -0.143. The molecule has 0 aliphatic heterocycles. The van der Waals surface area contributed by atoms with Crippen LogP contribution < -0.4 is 14.9 Å². The molecule has 0 saturated heterocycles. The number of nitrogens with one attached hydrogen (secondary N) is 2. The number of hydrogen-bond acceptors (Lipinski definition) is 6. The molecule has 0 aliphatic carbocycles. The minimum Gasteiger partial charge on any atom is -0.363 e. The number of anilines is 2. The van der Waals surface area contributed by atoms with E-state index in [1.165, 1.54) is 4.90 Å². The maximum atomic E-state index is 12.9. The Morgan fingerprint density at radius 1 is 1.22 bits per heavy atom. The van der Waals surface area contributed by atoms with Gasteiger partial charge < -0.3 is 10.2 Å². The van der Waals surface area contributed by atoms with Gasteiger partial charge in [-0.15, -0.1) is 0 Å². The van der Waals surface area contributed by atoms with Gasteiger partial charge in [-0.1, -0.05) is 0 Å². The quantitative estimate of drug-likeness (QED) is 0.800. The van der Waals surface area contributed by atoms with Crippen LogP contribution in [0.5, 0.6) is 0 Å². The molecule has 1 aromatic heterocycles. The van der Waals surface area contributed by atoms with Gasteiger partial charge in [-0.3, -0.25) is 0 Å². The van der Waals surface area contributed by atoms with Crippen molar-refractivity contribution in [2.75, 3.05) is 37.1 Å². The zero-order chi connectivity index (χ0) is 18.1. The SMILES string of the molecule is CN(C)c1cc(C(F)(F)F)nc(NCC(C)(C)NS(C)(=O)=O)n1. The summed E-state index contributed by atoms with van der Waals surface area (Å²) in [6.45, 7) is 3.18. The molecule has 132 valence electrons. The Labute approximate surface area is 133 Å². The van der Waals surface area contributed by atoms with Crippen LogP contribution >= 0.6 is 0 Å². The van der Waals surface area contributed by atoms with Crippen molar-refractivity contribution >= 4 is 21.8 Å². The van der Waals surface area contributed by atoms with E-state index >= 15 is 0 Å². The van der Waals surface area contributed by atoms with E-state index in [0.717, 1.165) is 12.3 Å². The Balaban J connectivity index is 3.02. The lowest BCUT2D eigenvalue weighted by Gasteiger charge is -2.25. The molecule has 1 rings (SSSR count). The lowest BCUT2D eigenvalue weighted by Crippen LogP contribution is -2.48. The minimum atomic E-state index is -4.61. The summed E-state index contributed by atoms with van der Waals surface area (Å²) in [5, 5.41) is 2.64. The number of hydrogen-bond donors (Lipinski definition) is 2. The smallest absolute Gasteiger partial charge is 0.363 e. The van der Waals surface area contributed by atoms with Crippen LogP contribution in [0.1, 0.15) is 19.5 Å². The van der Waals surface area contributed by atoms with Gasteiger partial charge in [-0.05, 0) is 13.8 Å². The second kappa shape index (κ2) is 6.48. The first kappa shape index (κ1) is 19.4. The lowest BCUT2D eigenvalue weighted by molar-refractivity contribution is -0.141. The Hall–Kier alpha value is -1.62. The van der Waals surface area contributed by atoms with E-state index in [2.05, 4.69) is 20.0 Å². The van der Waals surface area contributed by atoms with Crippen LogP contribution in [0.3, 0.4) is 0 Å². The number of sulfonamides is 1. The fourth-order valence-electron chi connectivity index (χ4n) is 1.73. The van der Waals surface area contributed by atoms with Crippen LogP contribution in [0, 0.1) is 0 Å². The van der Waals surface area contributed by atoms with Gasteiger partial charge in [-0.25, -0.2) is 18.1 Å². The normalized spacial score (nSPS) is 13.0. The van der Waals surface area contributed by atoms with Crippen LogP contribution in [0.4, 0.5) is 24.9 Å². The van der Waals surface area contributed by atoms with E-state index in [1.54, 1.807) is 27.9 Å². The zero-order valence-electron chi connectivity index (χ0n) is 13.5. The molecule has 0 amide bonds. The van der Waals surface area contributed by atoms with Crippen molar-refractivity contribution in [3.8, 4) is 0 Å². The molecule has 0 atom stereocenters. The van der Waals surface area contributed by atoms with E-state index in [-0.39, 0.29) is 18.3 Å². The molecule has 0 radical (unpaired) electrons. The third kappa shape index (κ3) is 6.57. The van der Waals surface area contributed by atoms with Gasteiger partial charge in [0, 0.05) is 32.2 Å². The monoisotopic (exact) mass is 355 g/mol. The van der Waals surface area contributed by atoms with E-state index in [9.17, 15) is 21.6 Å². The molecule has 7 nitrogen and oxygen atoms in total. The van der Waals surface area contributed by atoms with E-state index in [0.29, 0.717) is 0 Å². The maximum Gasteiger partial charge on any atom is 0.433 e. The Bertz CT molecular complexity index is 659. The fraction of sp³-hybridized carbons (Fsp3) is 0.667. The van der Waals surface area contributed by atoms with Gasteiger partial charge in [0.15, 0.2) is 5.69 Å². The van der Waals surface area contributed by atoms with Gasteiger partial charge in [0.25, 0.3) is 0 Å². The molecule has 0 aromatic carbocycles. The summed E-state index contributed by atoms with van der Waals surface area (Å²) in [6, 6.07) is 0.838. The van der Waals surface area contributed by atoms with Gasteiger partial charge >= 0.3 is 6.18 Å². The predicted molar refractivity (Wildman–Crippen MR) is 81.9 cm³/mol. The van der Waals surface area contributed by atoms with E-state index < -0.39 is 27.4 Å². The number of aromatic nitrogens is 2. The molecule has 1 heterocycles. The molecule has 0 bridgehead atoms. The largest absolute Gasteiger partial charge is 0.433 e. The third-order valence-corrected chi connectivity index (χ3v) is 3.53. The van der Waals surface area contributed by atoms with Gasteiger partial charge in [0.05, 0.1) is 6.26 Å². The van der Waals surface area contributed by atoms with Gasteiger partial charge in [-0.2, -0.15) is 18.2 Å². The highest BCUT2D eigenvalue weighted by Crippen LogP contribution is 2.30. The van der Waals surface area contributed by atoms with Crippen molar-refractivity contribution in [1.82, 2.24) is 14.7 Å². The molecule has 0 fully saturated rings. The molecule has 2 N–H and O–H groups in total. The van der Waals surface area contributed by atoms with Crippen LogP contribution in [0.2, 0.25) is 0 Å². The summed E-state index contributed by atoms with van der Waals surface area (Å²) in [5.41, 5.74) is -2.00. The lowest BCUT2D eigenvalue weighted by atomic mass is 10.1. The molecule has 0 unspecified atom stereocenters. The number of halogens is 3. The highest BCUT2D eigenvalue weighted by atomic mass is 32.2. The second-order valence-corrected chi connectivity index (χ2v) is 7.69. The average molecular weight is 355 g/mol. The van der Waals surface area contributed by atoms with Crippen molar-refractivity contribution in [3.05, 3.63) is 11.8 Å². The minimum absolute atomic E-state index is 0.00818. The summed E-state index contributed by atoms with van der Waals surface area (Å²) in [6.07, 6.45) is -3.61. The van der Waals surface area contributed by atoms with Crippen LogP contribution in [-0.2, 0) is 16.2 Å². The molecule has 23 heavy (non-hydrogen) atoms. The average Bonchev–Trinajstić information content (AvgIpc) is 2.32. The van der Waals surface area contributed by atoms with Crippen molar-refractivity contribution in [1.29, 1.82) is 0 Å². The maximum absolute atomic E-state index is 12.9. The Morgan fingerprint density at radius 2 is 1.78 bits per heavy atom. The van der Waals surface area contributed by atoms with E-state index in [1.807, 2.05) is 0 Å². The zero-order valence-corrected chi connectivity index (χ0v) is 14.3. The first-order valence-electron chi connectivity index (χ1n) is 6.56. The summed E-state index contributed by atoms with van der Waals surface area (Å²) < 4.78 is 63.5. The third-order valence-electron chi connectivity index (χ3n) is 2.61. The highest BCUT2D eigenvalue weighted by Gasteiger charge is 2.34. The Kier molecular flexibility index (Phi) is 5.47. The first-order valence-corrected chi connectivity index (χ1v) is 8.45. The second-order valence-electron chi connectivity index (χ2n) is 5.94.